The third-order valence-electron chi connectivity index (χ3n) is 7.18. The van der Waals surface area contributed by atoms with E-state index in [1.165, 1.54) is 68.9 Å². The topological polar surface area (TPSA) is 55.8 Å². The van der Waals surface area contributed by atoms with Crippen molar-refractivity contribution >= 4 is 6.16 Å². The minimum absolute atomic E-state index is 0.129. The van der Waals surface area contributed by atoms with Crippen molar-refractivity contribution in [1.29, 1.82) is 0 Å². The third-order valence-corrected chi connectivity index (χ3v) is 7.18. The number of phenols is 1. The lowest BCUT2D eigenvalue weighted by molar-refractivity contribution is 0.152. The van der Waals surface area contributed by atoms with E-state index in [1.807, 2.05) is 30.3 Å². The molecule has 1 fully saturated rings. The molecule has 0 unspecified atom stereocenters. The second kappa shape index (κ2) is 12.4. The molecule has 0 bridgehead atoms. The molecular formula is C31H36O4. The molecule has 1 saturated carbocycles. The molecule has 1 N–H and O–H groups in total. The molecule has 3 aromatic rings. The Labute approximate surface area is 208 Å². The van der Waals surface area contributed by atoms with Crippen LogP contribution in [0.4, 0.5) is 4.79 Å². The van der Waals surface area contributed by atoms with Crippen molar-refractivity contribution in [1.82, 2.24) is 0 Å². The number of rotatable bonds is 4. The summed E-state index contributed by atoms with van der Waals surface area (Å²) in [5.74, 6) is 1.20. The van der Waals surface area contributed by atoms with Crippen LogP contribution in [0.2, 0.25) is 0 Å². The van der Waals surface area contributed by atoms with Gasteiger partial charge in [-0.05, 0) is 60.4 Å². The molecule has 0 saturated heterocycles. The molecule has 1 aliphatic carbocycles. The highest BCUT2D eigenvalue weighted by molar-refractivity contribution is 5.67. The highest BCUT2D eigenvalue weighted by Crippen LogP contribution is 2.43. The van der Waals surface area contributed by atoms with E-state index < -0.39 is 6.16 Å². The normalized spacial score (nSPS) is 16.9. The number of hydrogen-bond donors (Lipinski definition) is 1. The van der Waals surface area contributed by atoms with Gasteiger partial charge in [-0.25, -0.2) is 4.79 Å². The predicted octanol–water partition coefficient (Wildman–Crippen LogP) is 8.56. The van der Waals surface area contributed by atoms with Gasteiger partial charge < -0.3 is 14.6 Å². The fourth-order valence-electron chi connectivity index (χ4n) is 5.28. The molecule has 0 aromatic heterocycles. The van der Waals surface area contributed by atoms with Crippen LogP contribution in [0, 0.1) is 0 Å². The van der Waals surface area contributed by atoms with Crippen LogP contribution in [-0.2, 0) is 5.41 Å². The SMILES string of the molecule is O=C(Oc1ccccc1)Oc1ccc(C2(c3ccc(O)cc3)CCCCCCCCCCC2)cc1. The minimum Gasteiger partial charge on any atom is -0.508 e. The monoisotopic (exact) mass is 472 g/mol. The molecule has 1 aliphatic rings. The summed E-state index contributed by atoms with van der Waals surface area (Å²) in [5, 5.41) is 9.93. The van der Waals surface area contributed by atoms with Gasteiger partial charge in [-0.1, -0.05) is 100 Å². The molecule has 3 aromatic carbocycles. The average Bonchev–Trinajstić information content (AvgIpc) is 2.86. The fourth-order valence-corrected chi connectivity index (χ4v) is 5.28. The third kappa shape index (κ3) is 6.88. The van der Waals surface area contributed by atoms with Crippen LogP contribution in [0.1, 0.15) is 81.8 Å². The van der Waals surface area contributed by atoms with Crippen LogP contribution in [0.25, 0.3) is 0 Å². The van der Waals surface area contributed by atoms with Crippen LogP contribution in [0.15, 0.2) is 78.9 Å². The van der Waals surface area contributed by atoms with Crippen LogP contribution in [0.3, 0.4) is 0 Å². The van der Waals surface area contributed by atoms with Gasteiger partial charge in [-0.15, -0.1) is 0 Å². The molecule has 0 heterocycles. The number of hydrogen-bond acceptors (Lipinski definition) is 4. The molecule has 0 atom stereocenters. The zero-order chi connectivity index (χ0) is 24.3. The van der Waals surface area contributed by atoms with Gasteiger partial charge in [0, 0.05) is 5.41 Å². The van der Waals surface area contributed by atoms with Crippen LogP contribution in [0.5, 0.6) is 17.2 Å². The molecular weight excluding hydrogens is 436 g/mol. The molecule has 0 spiro atoms. The lowest BCUT2D eigenvalue weighted by atomic mass is 9.67. The number of para-hydroxylation sites is 1. The van der Waals surface area contributed by atoms with Gasteiger partial charge in [-0.2, -0.15) is 0 Å². The summed E-state index contributed by atoms with van der Waals surface area (Å²) in [6, 6.07) is 24.5. The summed E-state index contributed by atoms with van der Waals surface area (Å²) in [6.07, 6.45) is 12.8. The van der Waals surface area contributed by atoms with E-state index in [4.69, 9.17) is 9.47 Å². The van der Waals surface area contributed by atoms with Crippen molar-refractivity contribution in [2.24, 2.45) is 0 Å². The maximum Gasteiger partial charge on any atom is 0.519 e. The summed E-state index contributed by atoms with van der Waals surface area (Å²) in [6.45, 7) is 0. The van der Waals surface area contributed by atoms with Crippen LogP contribution in [-0.4, -0.2) is 11.3 Å². The van der Waals surface area contributed by atoms with E-state index in [2.05, 4.69) is 24.3 Å². The van der Waals surface area contributed by atoms with Crippen molar-refractivity contribution in [3.8, 4) is 17.2 Å². The van der Waals surface area contributed by atoms with Gasteiger partial charge in [0.05, 0.1) is 0 Å². The first-order chi connectivity index (χ1) is 17.2. The molecule has 4 heteroatoms. The Morgan fingerprint density at radius 2 is 1.00 bits per heavy atom. The Morgan fingerprint density at radius 1 is 0.571 bits per heavy atom. The molecule has 4 rings (SSSR count). The number of carbonyl (C=O) groups excluding carboxylic acids is 1. The zero-order valence-corrected chi connectivity index (χ0v) is 20.5. The van der Waals surface area contributed by atoms with Crippen molar-refractivity contribution < 1.29 is 19.4 Å². The number of aromatic hydroxyl groups is 1. The van der Waals surface area contributed by atoms with Gasteiger partial charge in [0.15, 0.2) is 0 Å². The molecule has 184 valence electrons. The predicted molar refractivity (Wildman–Crippen MR) is 139 cm³/mol. The maximum absolute atomic E-state index is 12.2. The van der Waals surface area contributed by atoms with E-state index in [-0.39, 0.29) is 11.2 Å². The molecule has 35 heavy (non-hydrogen) atoms. The second-order valence-corrected chi connectivity index (χ2v) is 9.60. The number of ether oxygens (including phenoxy) is 2. The number of phenolic OH excluding ortho intramolecular Hbond substituents is 1. The van der Waals surface area contributed by atoms with E-state index >= 15 is 0 Å². The number of carbonyl (C=O) groups is 1. The first-order valence-corrected chi connectivity index (χ1v) is 13.0. The Morgan fingerprint density at radius 3 is 1.51 bits per heavy atom. The fraction of sp³-hybridized carbons (Fsp3) is 0.387. The number of benzene rings is 3. The summed E-state index contributed by atoms with van der Waals surface area (Å²) < 4.78 is 10.7. The molecule has 0 aliphatic heterocycles. The Hall–Kier alpha value is -3.27. The van der Waals surface area contributed by atoms with Gasteiger partial charge >= 0.3 is 6.16 Å². The summed E-state index contributed by atoms with van der Waals surface area (Å²) in [4.78, 5) is 12.2. The lowest BCUT2D eigenvalue weighted by Gasteiger charge is -2.36. The smallest absolute Gasteiger partial charge is 0.508 e. The van der Waals surface area contributed by atoms with Crippen LogP contribution >= 0.6 is 0 Å². The highest BCUT2D eigenvalue weighted by atomic mass is 16.7. The standard InChI is InChI=1S/C31H36O4/c32-27-19-15-25(16-20-27)31(23-11-6-4-2-1-3-5-7-12-24-31)26-17-21-29(22-18-26)35-30(33)34-28-13-9-8-10-14-28/h8-10,13-22,32H,1-7,11-12,23-24H2. The second-order valence-electron chi connectivity index (χ2n) is 9.60. The quantitative estimate of drug-likeness (QED) is 0.305. The van der Waals surface area contributed by atoms with Crippen LogP contribution < -0.4 is 9.47 Å². The van der Waals surface area contributed by atoms with Gasteiger partial charge in [-0.3, -0.25) is 0 Å². The first kappa shape index (κ1) is 24.8. The largest absolute Gasteiger partial charge is 0.519 e. The molecule has 4 nitrogen and oxygen atoms in total. The van der Waals surface area contributed by atoms with Crippen molar-refractivity contribution in [3.05, 3.63) is 90.0 Å². The van der Waals surface area contributed by atoms with E-state index in [0.717, 1.165) is 12.8 Å². The highest BCUT2D eigenvalue weighted by Gasteiger charge is 2.33. The molecule has 0 radical (unpaired) electrons. The van der Waals surface area contributed by atoms with Crippen molar-refractivity contribution in [2.45, 2.75) is 76.0 Å². The van der Waals surface area contributed by atoms with Crippen molar-refractivity contribution in [3.63, 3.8) is 0 Å². The zero-order valence-electron chi connectivity index (χ0n) is 20.5. The van der Waals surface area contributed by atoms with E-state index in [1.54, 1.807) is 24.3 Å². The van der Waals surface area contributed by atoms with Gasteiger partial charge in [0.25, 0.3) is 0 Å². The maximum atomic E-state index is 12.2. The summed E-state index contributed by atoms with van der Waals surface area (Å²) >= 11 is 0. The summed E-state index contributed by atoms with van der Waals surface area (Å²) in [5.41, 5.74) is 2.34. The minimum atomic E-state index is -0.747. The Balaban J connectivity index is 1.57. The summed E-state index contributed by atoms with van der Waals surface area (Å²) in [7, 11) is 0. The molecule has 0 amide bonds. The van der Waals surface area contributed by atoms with Gasteiger partial charge in [0.1, 0.15) is 17.2 Å². The van der Waals surface area contributed by atoms with Crippen molar-refractivity contribution in [2.75, 3.05) is 0 Å². The Bertz CT molecular complexity index is 1030. The van der Waals surface area contributed by atoms with E-state index in [9.17, 15) is 9.90 Å². The average molecular weight is 473 g/mol. The lowest BCUT2D eigenvalue weighted by Crippen LogP contribution is -2.28. The van der Waals surface area contributed by atoms with E-state index in [0.29, 0.717) is 11.5 Å². The van der Waals surface area contributed by atoms with Gasteiger partial charge in [0.2, 0.25) is 0 Å². The Kier molecular flexibility index (Phi) is 8.83. The first-order valence-electron chi connectivity index (χ1n) is 13.0.